The van der Waals surface area contributed by atoms with E-state index in [4.69, 9.17) is 10.5 Å². The molecule has 0 saturated heterocycles. The highest BCUT2D eigenvalue weighted by molar-refractivity contribution is 5.51. The van der Waals surface area contributed by atoms with Gasteiger partial charge in [-0.25, -0.2) is 0 Å². The van der Waals surface area contributed by atoms with Crippen LogP contribution in [0.3, 0.4) is 0 Å². The molecule has 0 aromatic carbocycles. The van der Waals surface area contributed by atoms with E-state index >= 15 is 0 Å². The van der Waals surface area contributed by atoms with Crippen molar-refractivity contribution in [2.45, 2.75) is 0 Å². The van der Waals surface area contributed by atoms with Crippen molar-refractivity contribution in [3.05, 3.63) is 47.6 Å². The zero-order valence-corrected chi connectivity index (χ0v) is 6.36. The van der Waals surface area contributed by atoms with Crippen molar-refractivity contribution in [2.75, 3.05) is 0 Å². The molecule has 0 unspecified atom stereocenters. The van der Waals surface area contributed by atoms with Crippen LogP contribution in [0.25, 0.3) is 0 Å². The molecule has 0 N–H and O–H groups in total. The summed E-state index contributed by atoms with van der Waals surface area (Å²) in [7, 11) is 0. The minimum absolute atomic E-state index is 0.401. The third kappa shape index (κ3) is 1.71. The molecule has 0 aromatic heterocycles. The Labute approximate surface area is 71.0 Å². The Hall–Kier alpha value is -2.06. The van der Waals surface area contributed by atoms with E-state index in [1.807, 2.05) is 24.3 Å². The highest BCUT2D eigenvalue weighted by atomic mass is 14.3. The summed E-state index contributed by atoms with van der Waals surface area (Å²) in [5.41, 5.74) is 0.802. The molecule has 1 aliphatic carbocycles. The number of nitrogens with zero attached hydrogens (tertiary/aromatic N) is 2. The standard InChI is InChI=1S/C10H6N2/c11-7-9-5-3-1-2-4-6-10(9)8-12/h1-6H/b2-1-,3-1?,4-2?,5-3-,6-4-,9-5?,10-6?,10-9-. The topological polar surface area (TPSA) is 47.6 Å². The number of nitriles is 2. The SMILES string of the molecule is N#CC1=C(C#N)/C=C\C=C/C=C\1. The molecule has 0 saturated carbocycles. The summed E-state index contributed by atoms with van der Waals surface area (Å²) in [5, 5.41) is 17.3. The van der Waals surface area contributed by atoms with Gasteiger partial charge >= 0.3 is 0 Å². The number of allylic oxidation sites excluding steroid dienone is 8. The summed E-state index contributed by atoms with van der Waals surface area (Å²) in [5.74, 6) is 0. The summed E-state index contributed by atoms with van der Waals surface area (Å²) in [6.07, 6.45) is 10.3. The fraction of sp³-hybridized carbons (Fsp3) is 0. The summed E-state index contributed by atoms with van der Waals surface area (Å²) < 4.78 is 0. The monoisotopic (exact) mass is 154 g/mol. The van der Waals surface area contributed by atoms with Crippen molar-refractivity contribution in [3.63, 3.8) is 0 Å². The van der Waals surface area contributed by atoms with Gasteiger partial charge in [0.15, 0.2) is 0 Å². The van der Waals surface area contributed by atoms with Crippen LogP contribution in [0, 0.1) is 22.7 Å². The molecule has 0 spiro atoms. The Kier molecular flexibility index (Phi) is 2.65. The number of hydrogen-bond donors (Lipinski definition) is 0. The maximum absolute atomic E-state index is 8.64. The minimum Gasteiger partial charge on any atom is -0.192 e. The average molecular weight is 154 g/mol. The predicted molar refractivity (Wildman–Crippen MR) is 45.7 cm³/mol. The van der Waals surface area contributed by atoms with Gasteiger partial charge in [-0.2, -0.15) is 10.5 Å². The van der Waals surface area contributed by atoms with E-state index in [0.717, 1.165) is 0 Å². The maximum Gasteiger partial charge on any atom is 0.101 e. The molecule has 2 nitrogen and oxygen atoms in total. The van der Waals surface area contributed by atoms with Crippen LogP contribution in [0.15, 0.2) is 47.6 Å². The highest BCUT2D eigenvalue weighted by Gasteiger charge is 1.98. The Balaban J connectivity index is 3.17. The first-order valence-electron chi connectivity index (χ1n) is 3.44. The number of hydrogen-bond acceptors (Lipinski definition) is 2. The predicted octanol–water partition coefficient (Wildman–Crippen LogP) is 2.01. The van der Waals surface area contributed by atoms with E-state index in [-0.39, 0.29) is 0 Å². The lowest BCUT2D eigenvalue weighted by atomic mass is 10.1. The second kappa shape index (κ2) is 3.95. The zero-order chi connectivity index (χ0) is 8.81. The lowest BCUT2D eigenvalue weighted by Crippen LogP contribution is -1.81. The Bertz CT molecular complexity index is 332. The van der Waals surface area contributed by atoms with E-state index in [1.54, 1.807) is 24.3 Å². The van der Waals surface area contributed by atoms with Crippen LogP contribution < -0.4 is 0 Å². The van der Waals surface area contributed by atoms with Gasteiger partial charge in [0.1, 0.15) is 12.1 Å². The summed E-state index contributed by atoms with van der Waals surface area (Å²) in [6.45, 7) is 0. The molecule has 0 bridgehead atoms. The normalized spacial score (nSPS) is 28.8. The van der Waals surface area contributed by atoms with Gasteiger partial charge in [-0.05, 0) is 12.2 Å². The molecule has 0 atom stereocenters. The molecule has 0 aliphatic heterocycles. The van der Waals surface area contributed by atoms with Crippen LogP contribution in [0.4, 0.5) is 0 Å². The third-order valence-electron chi connectivity index (χ3n) is 1.39. The van der Waals surface area contributed by atoms with Gasteiger partial charge in [0, 0.05) is 0 Å². The summed E-state index contributed by atoms with van der Waals surface area (Å²) in [4.78, 5) is 0. The van der Waals surface area contributed by atoms with Crippen LogP contribution in [-0.4, -0.2) is 0 Å². The molecule has 0 amide bonds. The van der Waals surface area contributed by atoms with Crippen molar-refractivity contribution in [1.29, 1.82) is 10.5 Å². The van der Waals surface area contributed by atoms with Crippen LogP contribution >= 0.6 is 0 Å². The Morgan fingerprint density at radius 2 is 1.17 bits per heavy atom. The Morgan fingerprint density at radius 1 is 0.750 bits per heavy atom. The smallest absolute Gasteiger partial charge is 0.101 e. The largest absolute Gasteiger partial charge is 0.192 e. The fourth-order valence-corrected chi connectivity index (χ4v) is 0.806. The van der Waals surface area contributed by atoms with Gasteiger partial charge < -0.3 is 0 Å². The molecule has 1 rings (SSSR count). The van der Waals surface area contributed by atoms with Crippen LogP contribution in [0.1, 0.15) is 0 Å². The number of rotatable bonds is 0. The first kappa shape index (κ1) is 8.04. The molecule has 56 valence electrons. The molecule has 2 heteroatoms. The first-order chi connectivity index (χ1) is 5.88. The average Bonchev–Trinajstić information content (AvgIpc) is 2.05. The lowest BCUT2D eigenvalue weighted by molar-refractivity contribution is 1.44. The van der Waals surface area contributed by atoms with Gasteiger partial charge in [0.05, 0.1) is 11.1 Å². The van der Waals surface area contributed by atoms with Gasteiger partial charge in [0.2, 0.25) is 0 Å². The third-order valence-corrected chi connectivity index (χ3v) is 1.39. The van der Waals surface area contributed by atoms with Gasteiger partial charge in [-0.1, -0.05) is 24.3 Å². The van der Waals surface area contributed by atoms with E-state index in [0.29, 0.717) is 11.1 Å². The molecule has 1 aliphatic rings. The van der Waals surface area contributed by atoms with Crippen molar-refractivity contribution < 1.29 is 0 Å². The van der Waals surface area contributed by atoms with Gasteiger partial charge in [-0.3, -0.25) is 0 Å². The van der Waals surface area contributed by atoms with Crippen LogP contribution in [0.2, 0.25) is 0 Å². The summed E-state index contributed by atoms with van der Waals surface area (Å²) in [6, 6.07) is 3.92. The Morgan fingerprint density at radius 3 is 1.50 bits per heavy atom. The molecule has 12 heavy (non-hydrogen) atoms. The molecule has 0 heterocycles. The zero-order valence-electron chi connectivity index (χ0n) is 6.36. The molecule has 0 radical (unpaired) electrons. The molecule has 0 aromatic rings. The summed E-state index contributed by atoms with van der Waals surface area (Å²) >= 11 is 0. The van der Waals surface area contributed by atoms with Crippen LogP contribution in [0.5, 0.6) is 0 Å². The second-order valence-corrected chi connectivity index (χ2v) is 2.15. The maximum atomic E-state index is 8.64. The van der Waals surface area contributed by atoms with Crippen molar-refractivity contribution >= 4 is 0 Å². The molecular formula is C10H6N2. The second-order valence-electron chi connectivity index (χ2n) is 2.15. The highest BCUT2D eigenvalue weighted by Crippen LogP contribution is 2.08. The molecular weight excluding hydrogens is 148 g/mol. The van der Waals surface area contributed by atoms with E-state index in [1.165, 1.54) is 0 Å². The van der Waals surface area contributed by atoms with E-state index in [2.05, 4.69) is 0 Å². The fourth-order valence-electron chi connectivity index (χ4n) is 0.806. The van der Waals surface area contributed by atoms with Crippen molar-refractivity contribution in [2.24, 2.45) is 0 Å². The van der Waals surface area contributed by atoms with Crippen molar-refractivity contribution in [3.8, 4) is 12.1 Å². The molecule has 0 fully saturated rings. The lowest BCUT2D eigenvalue weighted by Gasteiger charge is -1.92. The first-order valence-corrected chi connectivity index (χ1v) is 3.44. The quantitative estimate of drug-likeness (QED) is 0.535. The van der Waals surface area contributed by atoms with E-state index in [9.17, 15) is 0 Å². The van der Waals surface area contributed by atoms with Gasteiger partial charge in [0.25, 0.3) is 0 Å². The van der Waals surface area contributed by atoms with Gasteiger partial charge in [-0.15, -0.1) is 0 Å². The van der Waals surface area contributed by atoms with Crippen LogP contribution in [-0.2, 0) is 0 Å². The van der Waals surface area contributed by atoms with Crippen molar-refractivity contribution in [1.82, 2.24) is 0 Å². The van der Waals surface area contributed by atoms with E-state index < -0.39 is 0 Å². The minimum atomic E-state index is 0.401.